The van der Waals surface area contributed by atoms with Gasteiger partial charge in [-0.1, -0.05) is 0 Å². The summed E-state index contributed by atoms with van der Waals surface area (Å²) in [5.74, 6) is -0.827. The largest absolute Gasteiger partial charge is 0.444 e. The first kappa shape index (κ1) is 29.4. The van der Waals surface area contributed by atoms with Crippen molar-refractivity contribution >= 4 is 30.2 Å². The average molecular weight is 512 g/mol. The predicted molar refractivity (Wildman–Crippen MR) is 130 cm³/mol. The molecule has 1 heterocycles. The molecular weight excluding hydrogens is 470 g/mol. The van der Waals surface area contributed by atoms with Crippen LogP contribution in [0, 0.1) is 0 Å². The highest BCUT2D eigenvalue weighted by Gasteiger charge is 2.64. The van der Waals surface area contributed by atoms with Crippen LogP contribution in [-0.4, -0.2) is 79.8 Å². The van der Waals surface area contributed by atoms with Gasteiger partial charge in [-0.05, 0) is 94.9 Å². The topological polar surface area (TPSA) is 123 Å². The number of amides is 6. The van der Waals surface area contributed by atoms with Crippen LogP contribution in [0.2, 0.25) is 0 Å². The van der Waals surface area contributed by atoms with E-state index in [1.54, 1.807) is 67.2 Å². The van der Waals surface area contributed by atoms with Crippen molar-refractivity contribution < 1.29 is 38.2 Å². The van der Waals surface area contributed by atoms with Crippen LogP contribution < -0.4 is 0 Å². The zero-order valence-electron chi connectivity index (χ0n) is 23.2. The molecule has 1 saturated carbocycles. The summed E-state index contributed by atoms with van der Waals surface area (Å²) in [7, 11) is 0. The lowest BCUT2D eigenvalue weighted by Crippen LogP contribution is -2.57. The summed E-state index contributed by atoms with van der Waals surface area (Å²) in [5.41, 5.74) is -4.18. The molecule has 6 amide bonds. The first-order chi connectivity index (χ1) is 16.2. The van der Waals surface area contributed by atoms with E-state index in [1.807, 2.05) is 6.92 Å². The number of imide groups is 4. The lowest BCUT2D eigenvalue weighted by atomic mass is 9.78. The van der Waals surface area contributed by atoms with Gasteiger partial charge in [-0.25, -0.2) is 24.1 Å². The summed E-state index contributed by atoms with van der Waals surface area (Å²) in [6.45, 7) is 17.3. The molecule has 1 saturated heterocycles. The second kappa shape index (κ2) is 9.89. The molecule has 36 heavy (non-hydrogen) atoms. The summed E-state index contributed by atoms with van der Waals surface area (Å²) in [6.07, 6.45) is -1.89. The molecule has 1 aliphatic heterocycles. The minimum atomic E-state index is -1.61. The van der Waals surface area contributed by atoms with E-state index < -0.39 is 52.6 Å². The van der Waals surface area contributed by atoms with Crippen molar-refractivity contribution in [2.45, 2.75) is 123 Å². The van der Waals surface area contributed by atoms with E-state index in [2.05, 4.69) is 0 Å². The molecule has 2 aliphatic rings. The third-order valence-corrected chi connectivity index (χ3v) is 5.76. The number of ether oxygens (including phenoxy) is 3. The maximum atomic E-state index is 13.6. The molecule has 1 spiro atoms. The molecule has 2 fully saturated rings. The summed E-state index contributed by atoms with van der Waals surface area (Å²) in [6, 6.07) is -1.36. The molecule has 11 nitrogen and oxygen atoms in total. The highest BCUT2D eigenvalue weighted by Crippen LogP contribution is 2.43. The van der Waals surface area contributed by atoms with E-state index in [0.717, 1.165) is 4.90 Å². The smallest absolute Gasteiger partial charge is 0.425 e. The van der Waals surface area contributed by atoms with Gasteiger partial charge in [-0.15, -0.1) is 0 Å². The van der Waals surface area contributed by atoms with Gasteiger partial charge in [0.2, 0.25) is 0 Å². The van der Waals surface area contributed by atoms with Crippen LogP contribution in [0.25, 0.3) is 0 Å². The molecule has 0 unspecified atom stereocenters. The van der Waals surface area contributed by atoms with Gasteiger partial charge in [-0.3, -0.25) is 4.79 Å². The van der Waals surface area contributed by atoms with Crippen molar-refractivity contribution in [3.8, 4) is 0 Å². The zero-order chi connectivity index (χ0) is 27.9. The Hall–Kier alpha value is -2.85. The van der Waals surface area contributed by atoms with Crippen LogP contribution in [0.15, 0.2) is 0 Å². The van der Waals surface area contributed by atoms with Crippen molar-refractivity contribution in [2.24, 2.45) is 0 Å². The van der Waals surface area contributed by atoms with Crippen molar-refractivity contribution in [3.63, 3.8) is 0 Å². The number of carbonyl (C=O) groups is 5. The molecule has 11 heteroatoms. The van der Waals surface area contributed by atoms with Crippen molar-refractivity contribution in [2.75, 3.05) is 6.54 Å². The van der Waals surface area contributed by atoms with E-state index in [-0.39, 0.29) is 18.9 Å². The van der Waals surface area contributed by atoms with Gasteiger partial charge >= 0.3 is 24.3 Å². The molecule has 204 valence electrons. The summed E-state index contributed by atoms with van der Waals surface area (Å²) < 4.78 is 16.2. The fourth-order valence-corrected chi connectivity index (χ4v) is 4.39. The lowest BCUT2D eigenvalue weighted by Gasteiger charge is -2.42. The second-order valence-corrected chi connectivity index (χ2v) is 12.2. The predicted octanol–water partition coefficient (Wildman–Crippen LogP) is 5.06. The van der Waals surface area contributed by atoms with Crippen LogP contribution in [0.5, 0.6) is 0 Å². The molecular formula is C25H41N3O8. The van der Waals surface area contributed by atoms with Crippen molar-refractivity contribution in [3.05, 3.63) is 0 Å². The second-order valence-electron chi connectivity index (χ2n) is 12.2. The van der Waals surface area contributed by atoms with Gasteiger partial charge in [0, 0.05) is 12.6 Å². The van der Waals surface area contributed by atoms with Gasteiger partial charge < -0.3 is 19.1 Å². The van der Waals surface area contributed by atoms with Crippen molar-refractivity contribution in [1.82, 2.24) is 14.7 Å². The van der Waals surface area contributed by atoms with Gasteiger partial charge in [0.15, 0.2) is 0 Å². The van der Waals surface area contributed by atoms with Gasteiger partial charge in [0.25, 0.3) is 5.91 Å². The molecule has 0 aromatic rings. The normalized spacial score (nSPS) is 23.1. The van der Waals surface area contributed by atoms with E-state index in [0.29, 0.717) is 24.3 Å². The number of rotatable bonds is 2. The Morgan fingerprint density at radius 3 is 1.69 bits per heavy atom. The van der Waals surface area contributed by atoms with Gasteiger partial charge in [-0.2, -0.15) is 4.90 Å². The average Bonchev–Trinajstić information content (AvgIpc) is 2.86. The Labute approximate surface area is 213 Å². The molecule has 0 aromatic heterocycles. The van der Waals surface area contributed by atoms with Crippen LogP contribution >= 0.6 is 0 Å². The molecule has 0 aromatic carbocycles. The monoisotopic (exact) mass is 511 g/mol. The first-order valence-electron chi connectivity index (χ1n) is 12.4. The lowest BCUT2D eigenvalue weighted by molar-refractivity contribution is -0.134. The summed E-state index contributed by atoms with van der Waals surface area (Å²) >= 11 is 0. The van der Waals surface area contributed by atoms with E-state index >= 15 is 0 Å². The van der Waals surface area contributed by atoms with Crippen LogP contribution in [-0.2, 0) is 19.0 Å². The zero-order valence-corrected chi connectivity index (χ0v) is 23.2. The van der Waals surface area contributed by atoms with Crippen molar-refractivity contribution in [1.29, 1.82) is 0 Å². The molecule has 0 N–H and O–H groups in total. The third kappa shape index (κ3) is 6.47. The molecule has 2 rings (SSSR count). The highest BCUT2D eigenvalue weighted by molar-refractivity contribution is 6.20. The highest BCUT2D eigenvalue weighted by atomic mass is 16.6. The van der Waals surface area contributed by atoms with E-state index in [1.165, 1.54) is 0 Å². The Morgan fingerprint density at radius 2 is 1.28 bits per heavy atom. The Morgan fingerprint density at radius 1 is 0.833 bits per heavy atom. The third-order valence-electron chi connectivity index (χ3n) is 5.76. The molecule has 1 aliphatic carbocycles. The molecule has 0 atom stereocenters. The van der Waals surface area contributed by atoms with Gasteiger partial charge in [0.05, 0.1) is 0 Å². The van der Waals surface area contributed by atoms with Crippen LogP contribution in [0.1, 0.15) is 94.9 Å². The number of carbonyl (C=O) groups excluding carboxylic acids is 5. The van der Waals surface area contributed by atoms with E-state index in [4.69, 9.17) is 14.2 Å². The Kier molecular flexibility index (Phi) is 8.08. The SMILES string of the molecule is CCN(C(=O)OC(C)(C)C)C1CCC2(CC1)C(=O)N(C(=O)OC(C)(C)C)C(=O)N2C(=O)OC(C)(C)C. The number of hydrogen-bond acceptors (Lipinski definition) is 8. The van der Waals surface area contributed by atoms with Gasteiger partial charge in [0.1, 0.15) is 22.3 Å². The maximum absolute atomic E-state index is 13.6. The first-order valence-corrected chi connectivity index (χ1v) is 12.4. The van der Waals surface area contributed by atoms with Crippen LogP contribution in [0.3, 0.4) is 0 Å². The minimum Gasteiger partial charge on any atom is -0.444 e. The number of hydrogen-bond donors (Lipinski definition) is 0. The fourth-order valence-electron chi connectivity index (χ4n) is 4.39. The summed E-state index contributed by atoms with van der Waals surface area (Å²) in [4.78, 5) is 68.4. The van der Waals surface area contributed by atoms with E-state index in [9.17, 15) is 24.0 Å². The summed E-state index contributed by atoms with van der Waals surface area (Å²) in [5, 5.41) is 0. The fraction of sp³-hybridized carbons (Fsp3) is 0.800. The minimum absolute atomic E-state index is 0.0556. The van der Waals surface area contributed by atoms with Crippen LogP contribution in [0.4, 0.5) is 19.2 Å². The number of urea groups is 1. The number of nitrogens with zero attached hydrogens (tertiary/aromatic N) is 3. The Bertz CT molecular complexity index is 902. The standard InChI is InChI=1S/C25H41N3O8/c1-11-26(19(31)34-22(2,3)4)16-12-14-25(15-13-16)17(29)27(20(32)35-23(5,6)7)18(30)28(25)21(33)36-24(8,9)10/h16H,11-15H2,1-10H3. The maximum Gasteiger partial charge on any atom is 0.425 e. The Balaban J connectivity index is 2.38. The molecule has 0 radical (unpaired) electrons. The quantitative estimate of drug-likeness (QED) is 0.372. The molecule has 0 bridgehead atoms.